The molecular weight excluding hydrogens is 471 g/mol. The third-order valence-corrected chi connectivity index (χ3v) is 6.49. The van der Waals surface area contributed by atoms with Gasteiger partial charge in [0.15, 0.2) is 0 Å². The summed E-state index contributed by atoms with van der Waals surface area (Å²) in [5.74, 6) is -1.43. The monoisotopic (exact) mass is 498 g/mol. The summed E-state index contributed by atoms with van der Waals surface area (Å²) in [5.41, 5.74) is 0.352. The van der Waals surface area contributed by atoms with Crippen molar-refractivity contribution in [1.29, 1.82) is 0 Å². The molecule has 1 aromatic heterocycles. The van der Waals surface area contributed by atoms with E-state index < -0.39 is 39.2 Å². The maximum atomic E-state index is 13.2. The molecule has 184 valence electrons. The molecule has 1 atom stereocenters. The second-order valence-electron chi connectivity index (χ2n) is 8.95. The molecule has 1 heterocycles. The van der Waals surface area contributed by atoms with Crippen molar-refractivity contribution in [3.8, 4) is 0 Å². The van der Waals surface area contributed by atoms with E-state index in [4.69, 9.17) is 0 Å². The van der Waals surface area contributed by atoms with Gasteiger partial charge < -0.3 is 10.6 Å². The van der Waals surface area contributed by atoms with Gasteiger partial charge in [0.1, 0.15) is 22.6 Å². The number of anilines is 1. The number of amides is 2. The quantitative estimate of drug-likeness (QED) is 0.441. The van der Waals surface area contributed by atoms with Crippen molar-refractivity contribution in [2.24, 2.45) is 0 Å². The highest BCUT2D eigenvalue weighted by Gasteiger charge is 2.24. The summed E-state index contributed by atoms with van der Waals surface area (Å²) in [6.45, 7) is 5.17. The highest BCUT2D eigenvalue weighted by atomic mass is 32.2. The molecule has 8 nitrogen and oxygen atoms in total. The average molecular weight is 499 g/mol. The topological polar surface area (TPSA) is 117 Å². The van der Waals surface area contributed by atoms with E-state index in [1.54, 1.807) is 20.8 Å². The van der Waals surface area contributed by atoms with E-state index in [1.165, 1.54) is 24.3 Å². The summed E-state index contributed by atoms with van der Waals surface area (Å²) in [5, 5.41) is 5.29. The highest BCUT2D eigenvalue weighted by molar-refractivity contribution is 7.89. The standard InChI is InChI=1S/C25H27FN4O4S/c1-25(2,3)30-35(33,34)20-13-14-22(27-16-20)29-24(32)21(15-17-7-5-4-6-8-17)28-23(31)18-9-11-19(26)12-10-18/h4-14,16,21,30H,15H2,1-3H3,(H,28,31)(H,27,29,32). The van der Waals surface area contributed by atoms with Crippen LogP contribution < -0.4 is 15.4 Å². The zero-order valence-corrected chi connectivity index (χ0v) is 20.4. The summed E-state index contributed by atoms with van der Waals surface area (Å²) >= 11 is 0. The molecule has 0 saturated carbocycles. The molecule has 0 saturated heterocycles. The van der Waals surface area contributed by atoms with Crippen molar-refractivity contribution in [3.63, 3.8) is 0 Å². The predicted molar refractivity (Wildman–Crippen MR) is 131 cm³/mol. The fourth-order valence-electron chi connectivity index (χ4n) is 3.19. The van der Waals surface area contributed by atoms with Crippen molar-refractivity contribution >= 4 is 27.7 Å². The first-order chi connectivity index (χ1) is 16.4. The Balaban J connectivity index is 1.77. The molecule has 0 spiro atoms. The lowest BCUT2D eigenvalue weighted by molar-refractivity contribution is -0.118. The summed E-state index contributed by atoms with van der Waals surface area (Å²) in [4.78, 5) is 29.7. The van der Waals surface area contributed by atoms with E-state index in [2.05, 4.69) is 20.3 Å². The Morgan fingerprint density at radius 2 is 1.63 bits per heavy atom. The van der Waals surface area contributed by atoms with Crippen LogP contribution in [0.15, 0.2) is 77.8 Å². The zero-order chi connectivity index (χ0) is 25.6. The van der Waals surface area contributed by atoms with E-state index in [-0.39, 0.29) is 22.7 Å². The fraction of sp³-hybridized carbons (Fsp3) is 0.240. The third-order valence-electron chi connectivity index (χ3n) is 4.75. The van der Waals surface area contributed by atoms with Crippen molar-refractivity contribution in [2.75, 3.05) is 5.32 Å². The van der Waals surface area contributed by atoms with Gasteiger partial charge in [0, 0.05) is 23.7 Å². The predicted octanol–water partition coefficient (Wildman–Crippen LogP) is 3.28. The van der Waals surface area contributed by atoms with Gasteiger partial charge in [-0.2, -0.15) is 0 Å². The maximum Gasteiger partial charge on any atom is 0.251 e. The lowest BCUT2D eigenvalue weighted by Gasteiger charge is -2.20. The van der Waals surface area contributed by atoms with Gasteiger partial charge in [-0.15, -0.1) is 0 Å². The van der Waals surface area contributed by atoms with Crippen molar-refractivity contribution < 1.29 is 22.4 Å². The van der Waals surface area contributed by atoms with Gasteiger partial charge in [-0.05, 0) is 62.7 Å². The van der Waals surface area contributed by atoms with Crippen LogP contribution in [0.4, 0.5) is 10.2 Å². The molecule has 3 aromatic rings. The molecular formula is C25H27FN4O4S. The first-order valence-electron chi connectivity index (χ1n) is 10.8. The summed E-state index contributed by atoms with van der Waals surface area (Å²) in [6.07, 6.45) is 1.34. The number of nitrogens with zero attached hydrogens (tertiary/aromatic N) is 1. The molecule has 0 aliphatic carbocycles. The van der Waals surface area contributed by atoms with Gasteiger partial charge in [-0.3, -0.25) is 9.59 Å². The number of carbonyl (C=O) groups is 2. The molecule has 3 rings (SSSR count). The summed E-state index contributed by atoms with van der Waals surface area (Å²) < 4.78 is 40.7. The highest BCUT2D eigenvalue weighted by Crippen LogP contribution is 2.15. The Morgan fingerprint density at radius 3 is 2.20 bits per heavy atom. The van der Waals surface area contributed by atoms with E-state index in [0.29, 0.717) is 0 Å². The molecule has 0 fully saturated rings. The summed E-state index contributed by atoms with van der Waals surface area (Å²) in [6, 6.07) is 15.8. The maximum absolute atomic E-state index is 13.2. The Bertz CT molecular complexity index is 1270. The number of nitrogens with one attached hydrogen (secondary N) is 3. The Labute approximate surface area is 204 Å². The normalized spacial score (nSPS) is 12.6. The molecule has 3 N–H and O–H groups in total. The minimum atomic E-state index is -3.78. The number of halogens is 1. The number of benzene rings is 2. The number of aromatic nitrogens is 1. The molecule has 2 amide bonds. The van der Waals surface area contributed by atoms with Crippen LogP contribution in [0.1, 0.15) is 36.7 Å². The minimum absolute atomic E-state index is 0.0455. The third kappa shape index (κ3) is 7.69. The van der Waals surface area contributed by atoms with E-state index >= 15 is 0 Å². The van der Waals surface area contributed by atoms with Crippen LogP contribution in [0.5, 0.6) is 0 Å². The first-order valence-corrected chi connectivity index (χ1v) is 12.3. The average Bonchev–Trinajstić information content (AvgIpc) is 2.78. The van der Waals surface area contributed by atoms with Crippen LogP contribution in [-0.2, 0) is 21.2 Å². The molecule has 0 aliphatic rings. The Kier molecular flexibility index (Phi) is 7.98. The van der Waals surface area contributed by atoms with Crippen LogP contribution in [0.3, 0.4) is 0 Å². The molecule has 0 bridgehead atoms. The van der Waals surface area contributed by atoms with Crippen LogP contribution in [0.2, 0.25) is 0 Å². The van der Waals surface area contributed by atoms with Gasteiger partial charge in [0.2, 0.25) is 15.9 Å². The molecule has 2 aromatic carbocycles. The zero-order valence-electron chi connectivity index (χ0n) is 19.6. The van der Waals surface area contributed by atoms with E-state index in [1.807, 2.05) is 30.3 Å². The van der Waals surface area contributed by atoms with Crippen LogP contribution >= 0.6 is 0 Å². The van der Waals surface area contributed by atoms with Crippen molar-refractivity contribution in [1.82, 2.24) is 15.0 Å². The van der Waals surface area contributed by atoms with Crippen molar-refractivity contribution in [2.45, 2.75) is 43.7 Å². The van der Waals surface area contributed by atoms with Gasteiger partial charge in [0.05, 0.1) is 0 Å². The SMILES string of the molecule is CC(C)(C)NS(=O)(=O)c1ccc(NC(=O)C(Cc2ccccc2)NC(=O)c2ccc(F)cc2)nc1. The number of carbonyl (C=O) groups excluding carboxylic acids is 2. The number of hydrogen-bond donors (Lipinski definition) is 3. The second kappa shape index (κ2) is 10.7. The van der Waals surface area contributed by atoms with Gasteiger partial charge >= 0.3 is 0 Å². The summed E-state index contributed by atoms with van der Waals surface area (Å²) in [7, 11) is -3.78. The molecule has 1 unspecified atom stereocenters. The van der Waals surface area contributed by atoms with Crippen molar-refractivity contribution in [3.05, 3.63) is 89.9 Å². The Morgan fingerprint density at radius 1 is 0.971 bits per heavy atom. The molecule has 35 heavy (non-hydrogen) atoms. The number of rotatable bonds is 8. The van der Waals surface area contributed by atoms with Gasteiger partial charge in [0.25, 0.3) is 5.91 Å². The fourth-order valence-corrected chi connectivity index (χ4v) is 4.55. The van der Waals surface area contributed by atoms with Gasteiger partial charge in [-0.25, -0.2) is 22.5 Å². The molecule has 0 aliphatic heterocycles. The largest absolute Gasteiger partial charge is 0.340 e. The van der Waals surface area contributed by atoms with E-state index in [0.717, 1.165) is 23.9 Å². The molecule has 0 radical (unpaired) electrons. The number of sulfonamides is 1. The second-order valence-corrected chi connectivity index (χ2v) is 10.6. The van der Waals surface area contributed by atoms with E-state index in [9.17, 15) is 22.4 Å². The Hall–Kier alpha value is -3.63. The molecule has 10 heteroatoms. The first kappa shape index (κ1) is 26.0. The van der Waals surface area contributed by atoms with Crippen LogP contribution in [0, 0.1) is 5.82 Å². The lowest BCUT2D eigenvalue weighted by Crippen LogP contribution is -2.45. The number of pyridine rings is 1. The minimum Gasteiger partial charge on any atom is -0.340 e. The smallest absolute Gasteiger partial charge is 0.251 e. The van der Waals surface area contributed by atoms with Crippen LogP contribution in [-0.4, -0.2) is 36.8 Å². The van der Waals surface area contributed by atoms with Crippen LogP contribution in [0.25, 0.3) is 0 Å². The lowest BCUT2D eigenvalue weighted by atomic mass is 10.0. The van der Waals surface area contributed by atoms with Gasteiger partial charge in [-0.1, -0.05) is 30.3 Å². The number of hydrogen-bond acceptors (Lipinski definition) is 5.